The number of alkyl carbamates (subject to hydrolysis) is 2. The molecule has 0 heterocycles. The number of fused-ring (bicyclic) bond motifs is 2. The first-order chi connectivity index (χ1) is 30.4. The van der Waals surface area contributed by atoms with E-state index in [2.05, 4.69) is 21.3 Å². The lowest BCUT2D eigenvalue weighted by Crippen LogP contribution is -2.55. The van der Waals surface area contributed by atoms with Gasteiger partial charge in [-0.3, -0.25) is 38.6 Å². The van der Waals surface area contributed by atoms with Gasteiger partial charge in [-0.05, 0) is 104 Å². The molecule has 364 valence electrons. The van der Waals surface area contributed by atoms with E-state index in [-0.39, 0.29) is 73.4 Å². The minimum absolute atomic E-state index is 0.00602. The number of hydrogen-bond donors (Lipinski definition) is 8. The van der Waals surface area contributed by atoms with Gasteiger partial charge in [-0.25, -0.2) is 9.59 Å². The average Bonchev–Trinajstić information content (AvgIpc) is 3.18. The van der Waals surface area contributed by atoms with E-state index in [1.807, 2.05) is 27.7 Å². The second kappa shape index (κ2) is 22.3. The average molecular weight is 925 g/mol. The molecule has 0 unspecified atom stereocenters. The van der Waals surface area contributed by atoms with Crippen LogP contribution in [0.2, 0.25) is 0 Å². The van der Waals surface area contributed by atoms with Crippen molar-refractivity contribution in [2.24, 2.45) is 23.3 Å². The SMILES string of the molecule is CC(C)C[C@H](N)C(=O)N(CCNc1ccc(NCCN(C(=O)[C@H](C)NC(=O)OC(C)(C)C)C(=O)[C@@H](N)CC(C)C)c2c1C(=O)c1c(O)ccc(O)c1C2=O)C(=O)[C@H](C)NC(=O)OC(C)(C)C. The Morgan fingerprint density at radius 1 is 0.561 bits per heavy atom. The fraction of sp³-hybridized carbons (Fsp3) is 0.565. The van der Waals surface area contributed by atoms with E-state index in [1.165, 1.54) is 26.0 Å². The van der Waals surface area contributed by atoms with Gasteiger partial charge in [-0.1, -0.05) is 27.7 Å². The molecular formula is C46H68N8O12. The number of nitrogens with zero attached hydrogens (tertiary/aromatic N) is 2. The Bertz CT molecular complexity index is 2030. The molecule has 0 radical (unpaired) electrons. The van der Waals surface area contributed by atoms with Crippen molar-refractivity contribution in [3.8, 4) is 11.5 Å². The lowest BCUT2D eigenvalue weighted by Gasteiger charge is -2.29. The van der Waals surface area contributed by atoms with Crippen molar-refractivity contribution in [2.75, 3.05) is 36.8 Å². The molecule has 6 amide bonds. The summed E-state index contributed by atoms with van der Waals surface area (Å²) >= 11 is 0. The first kappa shape index (κ1) is 54.1. The number of aromatic hydroxyl groups is 2. The van der Waals surface area contributed by atoms with E-state index < -0.39 is 105 Å². The van der Waals surface area contributed by atoms with Gasteiger partial charge in [0, 0.05) is 37.6 Å². The third-order valence-corrected chi connectivity index (χ3v) is 9.93. The zero-order valence-electron chi connectivity index (χ0n) is 40.0. The smallest absolute Gasteiger partial charge is 0.408 e. The normalized spacial score (nSPS) is 14.2. The van der Waals surface area contributed by atoms with E-state index in [0.717, 1.165) is 21.9 Å². The topological polar surface area (TPSA) is 302 Å². The van der Waals surface area contributed by atoms with Crippen LogP contribution in [0.3, 0.4) is 0 Å². The second-order valence-corrected chi connectivity index (χ2v) is 19.1. The molecule has 0 spiro atoms. The van der Waals surface area contributed by atoms with Crippen molar-refractivity contribution < 1.29 is 58.0 Å². The number of carbonyl (C=O) groups is 8. The number of amides is 6. The molecule has 0 saturated carbocycles. The molecule has 20 heteroatoms. The summed E-state index contributed by atoms with van der Waals surface area (Å²) < 4.78 is 10.6. The van der Waals surface area contributed by atoms with Crippen LogP contribution in [-0.2, 0) is 28.7 Å². The number of hydrogen-bond acceptors (Lipinski definition) is 16. The van der Waals surface area contributed by atoms with Gasteiger partial charge in [0.25, 0.3) is 11.8 Å². The molecule has 3 rings (SSSR count). The number of nitrogens with one attached hydrogen (secondary N) is 4. The van der Waals surface area contributed by atoms with E-state index in [9.17, 15) is 48.6 Å². The van der Waals surface area contributed by atoms with Crippen LogP contribution in [0.1, 0.15) is 128 Å². The van der Waals surface area contributed by atoms with E-state index in [0.29, 0.717) is 0 Å². The van der Waals surface area contributed by atoms with Gasteiger partial charge in [0.15, 0.2) is 0 Å². The maximum atomic E-state index is 14.3. The lowest BCUT2D eigenvalue weighted by molar-refractivity contribution is -0.148. The number of rotatable bonds is 18. The molecule has 1 aliphatic carbocycles. The molecule has 2 aromatic carbocycles. The predicted molar refractivity (Wildman–Crippen MR) is 246 cm³/mol. The number of benzene rings is 2. The number of ether oxygens (including phenoxy) is 2. The minimum atomic E-state index is -1.23. The van der Waals surface area contributed by atoms with Gasteiger partial charge in [0.2, 0.25) is 23.4 Å². The summed E-state index contributed by atoms with van der Waals surface area (Å²) in [4.78, 5) is 110. The molecular weight excluding hydrogens is 857 g/mol. The Morgan fingerprint density at radius 3 is 1.17 bits per heavy atom. The van der Waals surface area contributed by atoms with Crippen molar-refractivity contribution in [3.05, 3.63) is 46.5 Å². The quantitative estimate of drug-likeness (QED) is 0.0837. The monoisotopic (exact) mass is 924 g/mol. The summed E-state index contributed by atoms with van der Waals surface area (Å²) in [7, 11) is 0. The second-order valence-electron chi connectivity index (χ2n) is 19.1. The number of phenolic OH excluding ortho intramolecular Hbond substituents is 2. The molecule has 10 N–H and O–H groups in total. The molecule has 0 bridgehead atoms. The maximum absolute atomic E-state index is 14.3. The highest BCUT2D eigenvalue weighted by Crippen LogP contribution is 2.42. The fourth-order valence-electron chi connectivity index (χ4n) is 7.10. The van der Waals surface area contributed by atoms with Crippen LogP contribution >= 0.6 is 0 Å². The van der Waals surface area contributed by atoms with Crippen LogP contribution in [0.4, 0.5) is 21.0 Å². The summed E-state index contributed by atoms with van der Waals surface area (Å²) in [6, 6.07) is 0.379. The third kappa shape index (κ3) is 14.4. The van der Waals surface area contributed by atoms with Crippen LogP contribution in [0, 0.1) is 11.8 Å². The minimum Gasteiger partial charge on any atom is -0.507 e. The molecule has 20 nitrogen and oxygen atoms in total. The zero-order valence-corrected chi connectivity index (χ0v) is 40.0. The van der Waals surface area contributed by atoms with Gasteiger partial charge < -0.3 is 52.4 Å². The van der Waals surface area contributed by atoms with E-state index in [4.69, 9.17) is 20.9 Å². The predicted octanol–water partition coefficient (Wildman–Crippen LogP) is 3.98. The Kier molecular flexibility index (Phi) is 18.2. The van der Waals surface area contributed by atoms with Crippen LogP contribution in [0.5, 0.6) is 11.5 Å². The highest BCUT2D eigenvalue weighted by Gasteiger charge is 2.39. The Balaban J connectivity index is 2.02. The number of carbonyl (C=O) groups excluding carboxylic acids is 8. The number of ketones is 2. The van der Waals surface area contributed by atoms with E-state index >= 15 is 0 Å². The Morgan fingerprint density at radius 2 is 0.879 bits per heavy atom. The van der Waals surface area contributed by atoms with Gasteiger partial charge in [-0.2, -0.15) is 0 Å². The summed E-state index contributed by atoms with van der Waals surface area (Å²) in [6.45, 7) is 19.0. The number of imide groups is 2. The molecule has 0 aromatic heterocycles. The molecule has 2 aromatic rings. The number of anilines is 2. The van der Waals surface area contributed by atoms with Gasteiger partial charge in [0.1, 0.15) is 34.8 Å². The van der Waals surface area contributed by atoms with Crippen molar-refractivity contribution in [1.82, 2.24) is 20.4 Å². The summed E-state index contributed by atoms with van der Waals surface area (Å²) in [5.74, 6) is -5.91. The number of nitrogens with two attached hydrogens (primary N) is 2. The molecule has 1 aliphatic rings. The molecule has 66 heavy (non-hydrogen) atoms. The molecule has 4 atom stereocenters. The third-order valence-electron chi connectivity index (χ3n) is 9.93. The van der Waals surface area contributed by atoms with Gasteiger partial charge in [0.05, 0.1) is 34.3 Å². The Labute approximate surface area is 385 Å². The van der Waals surface area contributed by atoms with Crippen molar-refractivity contribution >= 4 is 58.8 Å². The molecule has 0 fully saturated rings. The van der Waals surface area contributed by atoms with Crippen LogP contribution < -0.4 is 32.7 Å². The first-order valence-corrected chi connectivity index (χ1v) is 21.9. The highest BCUT2D eigenvalue weighted by molar-refractivity contribution is 6.33. The molecule has 0 aliphatic heterocycles. The fourth-order valence-corrected chi connectivity index (χ4v) is 7.10. The summed E-state index contributed by atoms with van der Waals surface area (Å²) in [6.07, 6.45) is -1.29. The van der Waals surface area contributed by atoms with Crippen molar-refractivity contribution in [2.45, 2.75) is 131 Å². The number of phenols is 2. The van der Waals surface area contributed by atoms with Crippen LogP contribution in [-0.4, -0.2) is 129 Å². The lowest BCUT2D eigenvalue weighted by atomic mass is 9.81. The summed E-state index contributed by atoms with van der Waals surface area (Å²) in [5.41, 5.74) is 9.42. The van der Waals surface area contributed by atoms with E-state index in [1.54, 1.807) is 41.5 Å². The standard InChI is InChI=1S/C46H68N8O12/c1-23(2)21-27(47)41(61)53(39(59)25(5)51-43(63)65-45(7,8)9)19-17-49-29-13-14-30(34-33(29)37(57)35-31(55)15-16-32(56)36(35)38(34)58)50-18-20-54(42(62)28(48)22-24(3)4)40(60)26(6)52-44(64)66-46(10,11)12/h13-16,23-28,49-50,55-56H,17-22,47-48H2,1-12H3,(H,51,63)(H,52,64)/t25-,26-,27-,28-/m0/s1. The van der Waals surface area contributed by atoms with Crippen molar-refractivity contribution in [3.63, 3.8) is 0 Å². The maximum Gasteiger partial charge on any atom is 0.408 e. The molecule has 0 saturated heterocycles. The van der Waals surface area contributed by atoms with Crippen LogP contribution in [0.15, 0.2) is 24.3 Å². The first-order valence-electron chi connectivity index (χ1n) is 21.9. The summed E-state index contributed by atoms with van der Waals surface area (Å²) in [5, 5.41) is 32.5. The zero-order chi connectivity index (χ0) is 50.2. The largest absolute Gasteiger partial charge is 0.507 e. The highest BCUT2D eigenvalue weighted by atomic mass is 16.6. The van der Waals surface area contributed by atoms with Crippen LogP contribution in [0.25, 0.3) is 0 Å². The Hall–Kier alpha value is -6.28. The van der Waals surface area contributed by atoms with Gasteiger partial charge in [-0.15, -0.1) is 0 Å². The van der Waals surface area contributed by atoms with Gasteiger partial charge >= 0.3 is 12.2 Å². The van der Waals surface area contributed by atoms with Crippen molar-refractivity contribution in [1.29, 1.82) is 0 Å².